The number of carbonyl (C=O) groups is 1. The molecule has 1 aromatic carbocycles. The Balaban J connectivity index is 1.96. The Labute approximate surface area is 104 Å². The van der Waals surface area contributed by atoms with E-state index in [0.29, 0.717) is 6.42 Å². The molecule has 86 valence electrons. The smallest absolute Gasteiger partial charge is 0.165 e. The Hall–Kier alpha value is -0.670. The van der Waals surface area contributed by atoms with Gasteiger partial charge in [-0.05, 0) is 37.0 Å². The van der Waals surface area contributed by atoms with Crippen molar-refractivity contribution in [2.24, 2.45) is 0 Å². The van der Waals surface area contributed by atoms with Crippen LogP contribution in [0.25, 0.3) is 0 Å². The largest absolute Gasteiger partial charge is 0.370 e. The summed E-state index contributed by atoms with van der Waals surface area (Å²) in [5.41, 5.74) is 1.05. The molecule has 1 saturated heterocycles. The van der Waals surface area contributed by atoms with E-state index < -0.39 is 0 Å². The zero-order valence-electron chi connectivity index (χ0n) is 9.12. The Morgan fingerprint density at radius 3 is 3.00 bits per heavy atom. The van der Waals surface area contributed by atoms with Crippen LogP contribution in [0.15, 0.2) is 28.7 Å². The molecule has 16 heavy (non-hydrogen) atoms. The van der Waals surface area contributed by atoms with Gasteiger partial charge in [0, 0.05) is 17.5 Å². The second-order valence-corrected chi connectivity index (χ2v) is 5.04. The highest BCUT2D eigenvalue weighted by Gasteiger charge is 2.21. The number of rotatable bonds is 3. The number of carbonyl (C=O) groups excluding carboxylic acids is 1. The molecule has 2 nitrogen and oxygen atoms in total. The van der Waals surface area contributed by atoms with E-state index in [4.69, 9.17) is 4.74 Å². The van der Waals surface area contributed by atoms with Gasteiger partial charge in [0.25, 0.3) is 0 Å². The van der Waals surface area contributed by atoms with Crippen molar-refractivity contribution in [2.45, 2.75) is 31.8 Å². The molecule has 1 aliphatic heterocycles. The Kier molecular flexibility index (Phi) is 4.13. The first kappa shape index (κ1) is 11.8. The number of ketones is 1. The third-order valence-electron chi connectivity index (χ3n) is 2.81. The molecular formula is C13H15BrO2. The molecule has 0 radical (unpaired) electrons. The molecule has 0 amide bonds. The topological polar surface area (TPSA) is 26.3 Å². The Morgan fingerprint density at radius 1 is 1.44 bits per heavy atom. The van der Waals surface area contributed by atoms with Crippen LogP contribution in [-0.4, -0.2) is 18.5 Å². The fourth-order valence-corrected chi connectivity index (χ4v) is 2.40. The molecule has 1 aromatic rings. The van der Waals surface area contributed by atoms with E-state index in [1.165, 1.54) is 0 Å². The number of Topliss-reactive ketones (excluding diaryl/α,β-unsaturated/α-hetero) is 1. The van der Waals surface area contributed by atoms with Gasteiger partial charge < -0.3 is 4.74 Å². The van der Waals surface area contributed by atoms with Crippen molar-refractivity contribution in [3.8, 4) is 0 Å². The minimum atomic E-state index is -0.173. The van der Waals surface area contributed by atoms with E-state index in [2.05, 4.69) is 15.9 Å². The summed E-state index contributed by atoms with van der Waals surface area (Å²) in [6.45, 7) is 0.731. The summed E-state index contributed by atoms with van der Waals surface area (Å²) in [7, 11) is 0. The number of hydrogen-bond donors (Lipinski definition) is 0. The molecule has 1 aliphatic rings. The molecule has 2 rings (SSSR count). The van der Waals surface area contributed by atoms with Crippen LogP contribution < -0.4 is 0 Å². The molecule has 0 N–H and O–H groups in total. The molecule has 0 spiro atoms. The lowest BCUT2D eigenvalue weighted by Crippen LogP contribution is -2.29. The minimum absolute atomic E-state index is 0.173. The monoisotopic (exact) mass is 282 g/mol. The lowest BCUT2D eigenvalue weighted by Gasteiger charge is -2.21. The third kappa shape index (κ3) is 3.16. The third-order valence-corrected chi connectivity index (χ3v) is 3.30. The van der Waals surface area contributed by atoms with Crippen LogP contribution in [0.1, 0.15) is 24.8 Å². The number of hydrogen-bond acceptors (Lipinski definition) is 2. The summed E-state index contributed by atoms with van der Waals surface area (Å²) in [6, 6.07) is 7.88. The molecular weight excluding hydrogens is 268 g/mol. The highest BCUT2D eigenvalue weighted by molar-refractivity contribution is 9.10. The van der Waals surface area contributed by atoms with Crippen LogP contribution in [0.2, 0.25) is 0 Å². The average Bonchev–Trinajstić information content (AvgIpc) is 2.30. The van der Waals surface area contributed by atoms with Gasteiger partial charge in [-0.2, -0.15) is 0 Å². The molecule has 0 saturated carbocycles. The second kappa shape index (κ2) is 5.60. The lowest BCUT2D eigenvalue weighted by atomic mass is 10.00. The first-order chi connectivity index (χ1) is 7.75. The van der Waals surface area contributed by atoms with E-state index in [-0.39, 0.29) is 11.9 Å². The van der Waals surface area contributed by atoms with Gasteiger partial charge in [0.05, 0.1) is 0 Å². The van der Waals surface area contributed by atoms with E-state index in [1.807, 2.05) is 24.3 Å². The van der Waals surface area contributed by atoms with Crippen molar-refractivity contribution in [3.05, 3.63) is 34.3 Å². The highest BCUT2D eigenvalue weighted by Crippen LogP contribution is 2.17. The molecule has 0 bridgehead atoms. The summed E-state index contributed by atoms with van der Waals surface area (Å²) in [6.07, 6.45) is 3.37. The lowest BCUT2D eigenvalue weighted by molar-refractivity contribution is -0.132. The van der Waals surface area contributed by atoms with Gasteiger partial charge in [-0.15, -0.1) is 0 Å². The molecule has 1 fully saturated rings. The van der Waals surface area contributed by atoms with Gasteiger partial charge in [0.15, 0.2) is 5.78 Å². The van der Waals surface area contributed by atoms with Crippen LogP contribution >= 0.6 is 15.9 Å². The van der Waals surface area contributed by atoms with Gasteiger partial charge in [-0.25, -0.2) is 0 Å². The maximum absolute atomic E-state index is 11.9. The van der Waals surface area contributed by atoms with E-state index in [0.717, 1.165) is 35.9 Å². The number of ether oxygens (including phenoxy) is 1. The number of halogens is 1. The van der Waals surface area contributed by atoms with E-state index >= 15 is 0 Å². The van der Waals surface area contributed by atoms with Crippen molar-refractivity contribution in [1.29, 1.82) is 0 Å². The van der Waals surface area contributed by atoms with Crippen LogP contribution in [0.3, 0.4) is 0 Å². The van der Waals surface area contributed by atoms with Gasteiger partial charge in [0.1, 0.15) is 6.10 Å². The zero-order valence-corrected chi connectivity index (χ0v) is 10.7. The highest BCUT2D eigenvalue weighted by atomic mass is 79.9. The fraction of sp³-hybridized carbons (Fsp3) is 0.462. The van der Waals surface area contributed by atoms with Crippen molar-refractivity contribution < 1.29 is 9.53 Å². The average molecular weight is 283 g/mol. The summed E-state index contributed by atoms with van der Waals surface area (Å²) in [4.78, 5) is 11.9. The van der Waals surface area contributed by atoms with Crippen molar-refractivity contribution in [2.75, 3.05) is 6.61 Å². The molecule has 0 aliphatic carbocycles. The van der Waals surface area contributed by atoms with Gasteiger partial charge in [-0.3, -0.25) is 4.79 Å². The fourth-order valence-electron chi connectivity index (χ4n) is 1.96. The first-order valence-corrected chi connectivity index (χ1v) is 6.44. The van der Waals surface area contributed by atoms with Crippen LogP contribution in [0, 0.1) is 0 Å². The number of benzene rings is 1. The van der Waals surface area contributed by atoms with Crippen molar-refractivity contribution >= 4 is 21.7 Å². The Morgan fingerprint density at radius 2 is 2.31 bits per heavy atom. The van der Waals surface area contributed by atoms with Crippen LogP contribution in [0.4, 0.5) is 0 Å². The second-order valence-electron chi connectivity index (χ2n) is 4.13. The normalized spacial score (nSPS) is 20.7. The summed E-state index contributed by atoms with van der Waals surface area (Å²) >= 11 is 3.41. The quantitative estimate of drug-likeness (QED) is 0.852. The van der Waals surface area contributed by atoms with Gasteiger partial charge in [0.2, 0.25) is 0 Å². The van der Waals surface area contributed by atoms with Gasteiger partial charge in [-0.1, -0.05) is 28.1 Å². The SMILES string of the molecule is O=C(Cc1cccc(Br)c1)C1CCCCO1. The summed E-state index contributed by atoms with van der Waals surface area (Å²) < 4.78 is 6.50. The van der Waals surface area contributed by atoms with Gasteiger partial charge >= 0.3 is 0 Å². The first-order valence-electron chi connectivity index (χ1n) is 5.64. The predicted octanol–water partition coefficient (Wildman–Crippen LogP) is 3.13. The molecule has 3 heteroatoms. The van der Waals surface area contributed by atoms with E-state index in [1.54, 1.807) is 0 Å². The maximum atomic E-state index is 11.9. The molecule has 1 heterocycles. The molecule has 1 atom stereocenters. The van der Waals surface area contributed by atoms with Crippen molar-refractivity contribution in [1.82, 2.24) is 0 Å². The molecule has 1 unspecified atom stereocenters. The maximum Gasteiger partial charge on any atom is 0.165 e. The minimum Gasteiger partial charge on any atom is -0.370 e. The summed E-state index contributed by atoms with van der Waals surface area (Å²) in [5.74, 6) is 0.206. The van der Waals surface area contributed by atoms with Crippen molar-refractivity contribution in [3.63, 3.8) is 0 Å². The standard InChI is InChI=1S/C13H15BrO2/c14-11-5-3-4-10(8-11)9-12(15)13-6-1-2-7-16-13/h3-5,8,13H,1-2,6-7,9H2. The predicted molar refractivity (Wildman–Crippen MR) is 66.4 cm³/mol. The zero-order chi connectivity index (χ0) is 11.4. The van der Waals surface area contributed by atoms with E-state index in [9.17, 15) is 4.79 Å². The van der Waals surface area contributed by atoms with Crippen LogP contribution in [-0.2, 0) is 16.0 Å². The molecule has 0 aromatic heterocycles. The Bertz CT molecular complexity index is 370. The van der Waals surface area contributed by atoms with Crippen LogP contribution in [0.5, 0.6) is 0 Å². The summed E-state index contributed by atoms with van der Waals surface area (Å²) in [5, 5.41) is 0.